The zero-order valence-electron chi connectivity index (χ0n) is 43.5. The van der Waals surface area contributed by atoms with Crippen LogP contribution in [0, 0.1) is 0 Å². The van der Waals surface area contributed by atoms with Gasteiger partial charge in [0.05, 0.1) is 119 Å². The van der Waals surface area contributed by atoms with E-state index in [0.717, 1.165) is 0 Å². The zero-order chi connectivity index (χ0) is 60.5. The van der Waals surface area contributed by atoms with E-state index in [1.54, 1.807) is 37.2 Å². The third-order valence-electron chi connectivity index (χ3n) is 10.0. The Kier molecular flexibility index (Phi) is 31.0. The van der Waals surface area contributed by atoms with Crippen LogP contribution in [0.25, 0.3) is 0 Å². The molecule has 486 valence electrons. The zero-order valence-corrected chi connectivity index (χ0v) is 47.6. The van der Waals surface area contributed by atoms with Gasteiger partial charge in [-0.05, 0) is 19.3 Å². The standard InChI is InChI=1S/C18H32N10O13S3.C17H29FN10O9S2.2CH4/c29-42(30,31)39-6-2-1-5-38-15-28-14-18(21-24-28)11-25(9-16-12-26(22-19-16)3-7-40-43(32,33)34)10-17-13-27(23-20-17)4-8-41-44(35,36)37;18-2-1-5-35-14-28-13-17(21-24-28)10-25(8-15-11-26(22-19-15)3-6-36-38(29,30)31)9-16-12-27(23-20-16)4-7-37-39(32,33)34;;/h12-14,19,22H,1-11,15H2,(H,29,30,31)(H,32,33,34)(H,35,36,37);11-13,19,22H,1-10,14H2,(H,29,30,31)(H,32,33,34);2*1H4. The topological polar surface area (TPSA) is 520 Å². The summed E-state index contributed by atoms with van der Waals surface area (Å²) in [6, 6.07) is 0. The average molecular weight is 1330 g/mol. The van der Waals surface area contributed by atoms with E-state index in [4.69, 9.17) is 32.2 Å². The third kappa shape index (κ3) is 33.1. The van der Waals surface area contributed by atoms with Gasteiger partial charge in [-0.25, -0.2) is 39.6 Å². The molecule has 85 heavy (non-hydrogen) atoms. The fourth-order valence-corrected chi connectivity index (χ4v) is 8.28. The lowest BCUT2D eigenvalue weighted by atomic mass is 10.3. The number of nitrogens with one attached hydrogen (secondary N) is 4. The molecule has 42 nitrogen and oxygen atoms in total. The molecule has 0 atom stereocenters. The summed E-state index contributed by atoms with van der Waals surface area (Å²) >= 11 is 0. The van der Waals surface area contributed by atoms with Crippen molar-refractivity contribution in [2.45, 2.75) is 86.8 Å². The number of unbranched alkanes of at least 4 members (excludes halogenated alkanes) is 1. The minimum atomic E-state index is -4.59. The Hall–Kier alpha value is -5.72. The van der Waals surface area contributed by atoms with Gasteiger partial charge in [0, 0.05) is 70.7 Å². The molecular weight excluding hydrogens is 1260 g/mol. The number of alkyl halides is 1. The first-order chi connectivity index (χ1) is 39.1. The lowest BCUT2D eigenvalue weighted by Crippen LogP contribution is -2.39. The molecule has 6 heterocycles. The van der Waals surface area contributed by atoms with Crippen molar-refractivity contribution >= 4 is 52.0 Å². The SMILES string of the molecule is C.C.O=S(=O)(O)OCCCCOCn1cc(CN(CC2=CN(CCOS(=O)(=O)O)NN2)Cc2cn(CCOS(=O)(=O)O)nn2)nn1.O=S(=O)(O)OCCN1C=C(CN(Cc2cn(CCOS(=O)(=O)O)nn2)Cc2cn(COCCCF)nn2)NN1. The first kappa shape index (κ1) is 73.5. The fourth-order valence-electron chi connectivity index (χ4n) is 6.81. The molecule has 6 rings (SSSR count). The summed E-state index contributed by atoms with van der Waals surface area (Å²) in [6.07, 6.45) is 10.9. The van der Waals surface area contributed by atoms with E-state index in [2.05, 4.69) is 84.1 Å². The maximum absolute atomic E-state index is 12.2. The highest BCUT2D eigenvalue weighted by atomic mass is 32.3. The van der Waals surface area contributed by atoms with Gasteiger partial charge in [0.15, 0.2) is 0 Å². The second-order valence-corrected chi connectivity index (χ2v) is 22.4. The Bertz CT molecular complexity index is 3260. The smallest absolute Gasteiger partial charge is 0.359 e. The van der Waals surface area contributed by atoms with Gasteiger partial charge in [0.25, 0.3) is 0 Å². The van der Waals surface area contributed by atoms with E-state index in [-0.39, 0.29) is 127 Å². The predicted octanol–water partition coefficient (Wildman–Crippen LogP) is -3.47. The van der Waals surface area contributed by atoms with Crippen LogP contribution in [-0.4, -0.2) is 224 Å². The lowest BCUT2D eigenvalue weighted by Gasteiger charge is -2.20. The quantitative estimate of drug-likeness (QED) is 0.0154. The first-order valence-corrected chi connectivity index (χ1v) is 30.7. The largest absolute Gasteiger partial charge is 0.397 e. The molecule has 4 aromatic rings. The molecular formula is C37H69FN20O22S5. The van der Waals surface area contributed by atoms with E-state index in [1.807, 2.05) is 9.80 Å². The van der Waals surface area contributed by atoms with Crippen molar-refractivity contribution in [2.24, 2.45) is 0 Å². The molecule has 0 bridgehead atoms. The highest BCUT2D eigenvalue weighted by Gasteiger charge is 2.21. The van der Waals surface area contributed by atoms with Crippen LogP contribution in [0.1, 0.15) is 56.9 Å². The molecule has 4 aromatic heterocycles. The summed E-state index contributed by atoms with van der Waals surface area (Å²) in [7, 11) is -22.7. The van der Waals surface area contributed by atoms with Crippen LogP contribution >= 0.6 is 0 Å². The molecule has 0 saturated carbocycles. The average Bonchev–Trinajstić information content (AvgIpc) is 4.06. The molecule has 0 amide bonds. The molecule has 0 fully saturated rings. The van der Waals surface area contributed by atoms with Crippen LogP contribution in [0.5, 0.6) is 0 Å². The summed E-state index contributed by atoms with van der Waals surface area (Å²) in [5.74, 6) is 0. The molecule has 0 spiro atoms. The molecule has 2 aliphatic heterocycles. The second-order valence-electron chi connectivity index (χ2n) is 17.0. The van der Waals surface area contributed by atoms with Gasteiger partial charge >= 0.3 is 52.0 Å². The van der Waals surface area contributed by atoms with E-state index >= 15 is 0 Å². The molecule has 0 radical (unpaired) electrons. The number of nitrogens with zero attached hydrogens (tertiary/aromatic N) is 16. The summed E-state index contributed by atoms with van der Waals surface area (Å²) < 4.78 is 200. The second kappa shape index (κ2) is 35.8. The number of aromatic nitrogens is 12. The molecule has 9 N–H and O–H groups in total. The van der Waals surface area contributed by atoms with E-state index < -0.39 is 58.7 Å². The number of hydrogen-bond acceptors (Lipinski definition) is 33. The van der Waals surface area contributed by atoms with Crippen molar-refractivity contribution in [1.82, 2.24) is 102 Å². The number of halogens is 1. The van der Waals surface area contributed by atoms with Crippen molar-refractivity contribution in [3.8, 4) is 0 Å². The molecule has 0 unspecified atom stereocenters. The number of hydrogen-bond donors (Lipinski definition) is 9. The van der Waals surface area contributed by atoms with Crippen molar-refractivity contribution in [1.29, 1.82) is 0 Å². The van der Waals surface area contributed by atoms with Crippen molar-refractivity contribution in [3.63, 3.8) is 0 Å². The van der Waals surface area contributed by atoms with Gasteiger partial charge in [-0.3, -0.25) is 47.0 Å². The number of hydrazine groups is 4. The Labute approximate surface area is 488 Å². The van der Waals surface area contributed by atoms with Crippen LogP contribution in [0.2, 0.25) is 0 Å². The molecule has 48 heteroatoms. The van der Waals surface area contributed by atoms with Crippen LogP contribution in [0.15, 0.2) is 48.6 Å². The van der Waals surface area contributed by atoms with Crippen LogP contribution in [-0.2, 0) is 135 Å². The fraction of sp³-hybridized carbons (Fsp3) is 0.676. The van der Waals surface area contributed by atoms with Crippen LogP contribution < -0.4 is 21.9 Å². The van der Waals surface area contributed by atoms with E-state index in [0.29, 0.717) is 66.6 Å². The maximum Gasteiger partial charge on any atom is 0.397 e. The van der Waals surface area contributed by atoms with Crippen molar-refractivity contribution in [2.75, 3.05) is 79.1 Å². The van der Waals surface area contributed by atoms with Gasteiger partial charge < -0.3 is 20.3 Å². The summed E-state index contributed by atoms with van der Waals surface area (Å²) in [4.78, 5) is 3.84. The highest BCUT2D eigenvalue weighted by Crippen LogP contribution is 2.14. The molecule has 0 aromatic carbocycles. The minimum Gasteiger partial charge on any atom is -0.359 e. The maximum atomic E-state index is 12.2. The minimum absolute atomic E-state index is 0. The van der Waals surface area contributed by atoms with Gasteiger partial charge in [-0.15, -0.1) is 31.5 Å². The number of rotatable bonds is 41. The van der Waals surface area contributed by atoms with Crippen molar-refractivity contribution in [3.05, 3.63) is 71.4 Å². The molecule has 2 aliphatic rings. The highest BCUT2D eigenvalue weighted by molar-refractivity contribution is 7.81. The summed E-state index contributed by atoms with van der Waals surface area (Å²) in [5, 5.41) is 35.3. The van der Waals surface area contributed by atoms with Gasteiger partial charge in [0.2, 0.25) is 0 Å². The normalized spacial score (nSPS) is 14.0. The van der Waals surface area contributed by atoms with Crippen molar-refractivity contribution < 1.29 is 99.6 Å². The van der Waals surface area contributed by atoms with Gasteiger partial charge in [-0.2, -0.15) is 42.1 Å². The first-order valence-electron chi connectivity index (χ1n) is 23.9. The van der Waals surface area contributed by atoms with Crippen LogP contribution in [0.3, 0.4) is 0 Å². The molecule has 0 saturated heterocycles. The Balaban J connectivity index is 0.000000438. The third-order valence-corrected chi connectivity index (χ3v) is 12.4. The predicted molar refractivity (Wildman–Crippen MR) is 283 cm³/mol. The molecule has 0 aliphatic carbocycles. The van der Waals surface area contributed by atoms with Crippen LogP contribution in [0.4, 0.5) is 4.39 Å². The Morgan fingerprint density at radius 1 is 0.424 bits per heavy atom. The van der Waals surface area contributed by atoms with E-state index in [9.17, 15) is 46.5 Å². The monoisotopic (exact) mass is 1320 g/mol. The van der Waals surface area contributed by atoms with Gasteiger partial charge in [0.1, 0.15) is 13.5 Å². The Morgan fingerprint density at radius 3 is 1.08 bits per heavy atom. The Morgan fingerprint density at radius 2 is 0.729 bits per heavy atom. The van der Waals surface area contributed by atoms with Gasteiger partial charge in [-0.1, -0.05) is 35.7 Å². The summed E-state index contributed by atoms with van der Waals surface area (Å²) in [6.45, 7) is 0.762. The van der Waals surface area contributed by atoms with E-state index in [1.165, 1.54) is 28.7 Å². The number of ether oxygens (including phenoxy) is 2. The summed E-state index contributed by atoms with van der Waals surface area (Å²) in [5.41, 5.74) is 15.1. The lowest BCUT2D eigenvalue weighted by molar-refractivity contribution is 0.0628.